The van der Waals surface area contributed by atoms with Crippen LogP contribution in [0.25, 0.3) is 0 Å². The number of nitrogens with zero attached hydrogens (tertiary/aromatic N) is 2. The Morgan fingerprint density at radius 3 is 2.68 bits per heavy atom. The molecule has 0 aliphatic heterocycles. The van der Waals surface area contributed by atoms with Crippen molar-refractivity contribution in [3.8, 4) is 5.75 Å². The molecule has 2 aromatic carbocycles. The molecule has 1 atom stereocenters. The molecule has 1 aromatic heterocycles. The topological polar surface area (TPSA) is 77.2 Å². The first-order chi connectivity index (χ1) is 13.5. The van der Waals surface area contributed by atoms with Crippen LogP contribution >= 0.6 is 11.8 Å². The van der Waals surface area contributed by atoms with E-state index in [0.29, 0.717) is 6.54 Å². The quantitative estimate of drug-likeness (QED) is 0.573. The van der Waals surface area contributed by atoms with Gasteiger partial charge in [-0.2, -0.15) is 0 Å². The molecule has 0 saturated heterocycles. The molecular formula is C19H17F2N3O3S. The fourth-order valence-corrected chi connectivity index (χ4v) is 2.80. The SMILES string of the molecule is C[C@@H](Oc1ccccc1F)c1nnc(SCC(=O)NCc2ccc(F)cc2)o1. The van der Waals surface area contributed by atoms with Crippen LogP contribution in [-0.2, 0) is 11.3 Å². The van der Waals surface area contributed by atoms with Gasteiger partial charge >= 0.3 is 0 Å². The van der Waals surface area contributed by atoms with Crippen molar-refractivity contribution < 1.29 is 22.7 Å². The summed E-state index contributed by atoms with van der Waals surface area (Å²) >= 11 is 1.07. The summed E-state index contributed by atoms with van der Waals surface area (Å²) in [5.41, 5.74) is 0.791. The smallest absolute Gasteiger partial charge is 0.277 e. The molecule has 0 saturated carbocycles. The molecule has 28 heavy (non-hydrogen) atoms. The highest BCUT2D eigenvalue weighted by molar-refractivity contribution is 7.99. The van der Waals surface area contributed by atoms with E-state index in [1.807, 2.05) is 0 Å². The summed E-state index contributed by atoms with van der Waals surface area (Å²) in [7, 11) is 0. The van der Waals surface area contributed by atoms with Crippen molar-refractivity contribution in [2.75, 3.05) is 5.75 Å². The summed E-state index contributed by atoms with van der Waals surface area (Å²) in [5.74, 6) is -0.706. The minimum atomic E-state index is -0.647. The average molecular weight is 405 g/mol. The number of hydrogen-bond donors (Lipinski definition) is 1. The lowest BCUT2D eigenvalue weighted by Crippen LogP contribution is -2.24. The number of aromatic nitrogens is 2. The lowest BCUT2D eigenvalue weighted by Gasteiger charge is -2.11. The molecular weight excluding hydrogens is 388 g/mol. The molecule has 0 unspecified atom stereocenters. The van der Waals surface area contributed by atoms with E-state index >= 15 is 0 Å². The fourth-order valence-electron chi connectivity index (χ4n) is 2.21. The maximum absolute atomic E-state index is 13.6. The maximum atomic E-state index is 13.6. The van der Waals surface area contributed by atoms with E-state index in [0.717, 1.165) is 17.3 Å². The number of ether oxygens (including phenoxy) is 1. The predicted molar refractivity (Wildman–Crippen MR) is 98.7 cm³/mol. The second kappa shape index (κ2) is 9.32. The first-order valence-electron chi connectivity index (χ1n) is 8.40. The number of carbonyl (C=O) groups is 1. The van der Waals surface area contributed by atoms with Crippen molar-refractivity contribution in [2.45, 2.75) is 24.8 Å². The zero-order valence-corrected chi connectivity index (χ0v) is 15.7. The molecule has 6 nitrogen and oxygen atoms in total. The number of thioether (sulfide) groups is 1. The largest absolute Gasteiger partial charge is 0.478 e. The Labute approximate surface area is 164 Å². The van der Waals surface area contributed by atoms with E-state index in [2.05, 4.69) is 15.5 Å². The van der Waals surface area contributed by atoms with Gasteiger partial charge in [0.25, 0.3) is 11.1 Å². The summed E-state index contributed by atoms with van der Waals surface area (Å²) in [5, 5.41) is 10.6. The van der Waals surface area contributed by atoms with Gasteiger partial charge in [0.2, 0.25) is 5.91 Å². The maximum Gasteiger partial charge on any atom is 0.277 e. The highest BCUT2D eigenvalue weighted by Crippen LogP contribution is 2.25. The van der Waals surface area contributed by atoms with Crippen LogP contribution in [-0.4, -0.2) is 21.9 Å². The average Bonchev–Trinajstić information content (AvgIpc) is 3.17. The van der Waals surface area contributed by atoms with Crippen LogP contribution in [0, 0.1) is 11.6 Å². The van der Waals surface area contributed by atoms with E-state index in [-0.39, 0.29) is 34.3 Å². The molecule has 146 valence electrons. The molecule has 0 bridgehead atoms. The summed E-state index contributed by atoms with van der Waals surface area (Å²) in [6.07, 6.45) is -0.647. The van der Waals surface area contributed by atoms with Gasteiger partial charge in [0.15, 0.2) is 17.7 Å². The lowest BCUT2D eigenvalue weighted by molar-refractivity contribution is -0.118. The van der Waals surface area contributed by atoms with Crippen molar-refractivity contribution in [3.05, 3.63) is 71.6 Å². The van der Waals surface area contributed by atoms with Crippen molar-refractivity contribution in [1.82, 2.24) is 15.5 Å². The number of nitrogens with one attached hydrogen (secondary N) is 1. The fraction of sp³-hybridized carbons (Fsp3) is 0.211. The minimum absolute atomic E-state index is 0.0748. The molecule has 0 radical (unpaired) electrons. The third kappa shape index (κ3) is 5.53. The number of hydrogen-bond acceptors (Lipinski definition) is 6. The molecule has 0 spiro atoms. The Morgan fingerprint density at radius 1 is 1.18 bits per heavy atom. The molecule has 1 amide bonds. The molecule has 9 heteroatoms. The van der Waals surface area contributed by atoms with Gasteiger partial charge in [0, 0.05) is 6.54 Å². The van der Waals surface area contributed by atoms with Gasteiger partial charge < -0.3 is 14.5 Å². The Kier molecular flexibility index (Phi) is 6.59. The molecule has 3 aromatic rings. The van der Waals surface area contributed by atoms with E-state index in [1.54, 1.807) is 31.2 Å². The number of halogens is 2. The van der Waals surface area contributed by atoms with Crippen molar-refractivity contribution >= 4 is 17.7 Å². The van der Waals surface area contributed by atoms with Crippen molar-refractivity contribution in [1.29, 1.82) is 0 Å². The Balaban J connectivity index is 1.46. The molecule has 0 fully saturated rings. The number of amides is 1. The van der Waals surface area contributed by atoms with Gasteiger partial charge in [-0.1, -0.05) is 36.0 Å². The van der Waals surface area contributed by atoms with E-state index in [9.17, 15) is 13.6 Å². The third-order valence-electron chi connectivity index (χ3n) is 3.64. The Hall–Kier alpha value is -2.94. The number of rotatable bonds is 8. The van der Waals surface area contributed by atoms with Crippen LogP contribution in [0.15, 0.2) is 58.2 Å². The van der Waals surface area contributed by atoms with Gasteiger partial charge in [-0.15, -0.1) is 10.2 Å². The van der Waals surface area contributed by atoms with Crippen molar-refractivity contribution in [3.63, 3.8) is 0 Å². The standard InChI is InChI=1S/C19H17F2N3O3S/c1-12(26-16-5-3-2-4-15(16)21)18-23-24-19(27-18)28-11-17(25)22-10-13-6-8-14(20)9-7-13/h2-9,12H,10-11H2,1H3,(H,22,25)/t12-/m1/s1. The lowest BCUT2D eigenvalue weighted by atomic mass is 10.2. The Bertz CT molecular complexity index is 934. The highest BCUT2D eigenvalue weighted by Gasteiger charge is 2.18. The van der Waals surface area contributed by atoms with E-state index < -0.39 is 11.9 Å². The zero-order chi connectivity index (χ0) is 19.9. The van der Waals surface area contributed by atoms with Crippen LogP contribution < -0.4 is 10.1 Å². The predicted octanol–water partition coefficient (Wildman–Crippen LogP) is 3.90. The van der Waals surface area contributed by atoms with Crippen LogP contribution in [0.4, 0.5) is 8.78 Å². The highest BCUT2D eigenvalue weighted by atomic mass is 32.2. The summed E-state index contributed by atoms with van der Waals surface area (Å²) in [6, 6.07) is 11.9. The summed E-state index contributed by atoms with van der Waals surface area (Å²) in [4.78, 5) is 11.9. The second-order valence-electron chi connectivity index (χ2n) is 5.79. The van der Waals surface area contributed by atoms with Gasteiger partial charge in [-0.05, 0) is 36.8 Å². The van der Waals surface area contributed by atoms with Crippen LogP contribution in [0.1, 0.15) is 24.5 Å². The van der Waals surface area contributed by atoms with Gasteiger partial charge in [-0.3, -0.25) is 4.79 Å². The number of benzene rings is 2. The van der Waals surface area contributed by atoms with Gasteiger partial charge in [0.05, 0.1) is 5.75 Å². The molecule has 1 heterocycles. The first-order valence-corrected chi connectivity index (χ1v) is 9.38. The first kappa shape index (κ1) is 19.8. The second-order valence-corrected chi connectivity index (χ2v) is 6.72. The normalized spacial score (nSPS) is 11.8. The van der Waals surface area contributed by atoms with Crippen LogP contribution in [0.3, 0.4) is 0 Å². The minimum Gasteiger partial charge on any atom is -0.478 e. The van der Waals surface area contributed by atoms with E-state index in [4.69, 9.17) is 9.15 Å². The Morgan fingerprint density at radius 2 is 1.93 bits per heavy atom. The summed E-state index contributed by atoms with van der Waals surface area (Å²) in [6.45, 7) is 1.95. The van der Waals surface area contributed by atoms with Gasteiger partial charge in [0.1, 0.15) is 5.82 Å². The monoisotopic (exact) mass is 405 g/mol. The van der Waals surface area contributed by atoms with Crippen molar-refractivity contribution in [2.24, 2.45) is 0 Å². The van der Waals surface area contributed by atoms with Crippen LogP contribution in [0.2, 0.25) is 0 Å². The third-order valence-corrected chi connectivity index (χ3v) is 4.46. The number of para-hydroxylation sites is 1. The van der Waals surface area contributed by atoms with Crippen LogP contribution in [0.5, 0.6) is 5.75 Å². The molecule has 0 aliphatic carbocycles. The molecule has 1 N–H and O–H groups in total. The molecule has 0 aliphatic rings. The number of carbonyl (C=O) groups excluding carboxylic acids is 1. The zero-order valence-electron chi connectivity index (χ0n) is 14.9. The molecule has 3 rings (SSSR count). The van der Waals surface area contributed by atoms with Gasteiger partial charge in [-0.25, -0.2) is 8.78 Å². The summed E-state index contributed by atoms with van der Waals surface area (Å²) < 4.78 is 37.4. The van der Waals surface area contributed by atoms with E-state index in [1.165, 1.54) is 24.3 Å².